The van der Waals surface area contributed by atoms with Crippen LogP contribution in [0, 0.1) is 6.92 Å². The molecule has 94 valence electrons. The van der Waals surface area contributed by atoms with Crippen LogP contribution in [0.15, 0.2) is 11.0 Å². The van der Waals surface area contributed by atoms with Crippen molar-refractivity contribution in [3.8, 4) is 0 Å². The minimum absolute atomic E-state index is 0.0750. The van der Waals surface area contributed by atoms with Gasteiger partial charge in [0, 0.05) is 18.2 Å². The number of anilines is 1. The van der Waals surface area contributed by atoms with Gasteiger partial charge in [0.25, 0.3) is 0 Å². The van der Waals surface area contributed by atoms with E-state index in [4.69, 9.17) is 15.6 Å². The molecule has 1 saturated heterocycles. The molecule has 0 bridgehead atoms. The SMILES string of the molecule is Cc1cn(C2CC(F)(CO)CO2)c(=O)nc1N. The summed E-state index contributed by atoms with van der Waals surface area (Å²) in [5.41, 5.74) is 3.73. The third-order valence-electron chi connectivity index (χ3n) is 2.84. The molecule has 1 aliphatic heterocycles. The number of hydrogen-bond acceptors (Lipinski definition) is 5. The van der Waals surface area contributed by atoms with Gasteiger partial charge in [-0.15, -0.1) is 0 Å². The zero-order chi connectivity index (χ0) is 12.6. The van der Waals surface area contributed by atoms with Gasteiger partial charge in [0.2, 0.25) is 0 Å². The van der Waals surface area contributed by atoms with Crippen LogP contribution >= 0.6 is 0 Å². The minimum atomic E-state index is -1.79. The summed E-state index contributed by atoms with van der Waals surface area (Å²) in [4.78, 5) is 15.2. The first kappa shape index (κ1) is 12.0. The first-order valence-corrected chi connectivity index (χ1v) is 5.22. The molecule has 2 atom stereocenters. The van der Waals surface area contributed by atoms with Crippen molar-refractivity contribution in [2.24, 2.45) is 0 Å². The second-order valence-electron chi connectivity index (χ2n) is 4.28. The number of aliphatic hydroxyl groups excluding tert-OH is 1. The van der Waals surface area contributed by atoms with Crippen molar-refractivity contribution in [3.63, 3.8) is 0 Å². The fourth-order valence-electron chi connectivity index (χ4n) is 1.75. The van der Waals surface area contributed by atoms with Crippen LogP contribution in [0.25, 0.3) is 0 Å². The number of alkyl halides is 1. The number of aromatic nitrogens is 2. The third kappa shape index (κ3) is 2.16. The number of nitrogens with zero attached hydrogens (tertiary/aromatic N) is 2. The number of aliphatic hydroxyl groups is 1. The molecule has 1 fully saturated rings. The highest BCUT2D eigenvalue weighted by Gasteiger charge is 2.41. The molecular formula is C10H14FN3O3. The first-order chi connectivity index (χ1) is 7.95. The molecule has 2 heterocycles. The average Bonchev–Trinajstić information content (AvgIpc) is 2.67. The Morgan fingerprint density at radius 3 is 3.12 bits per heavy atom. The molecule has 0 radical (unpaired) electrons. The van der Waals surface area contributed by atoms with Crippen LogP contribution in [-0.4, -0.2) is 33.5 Å². The van der Waals surface area contributed by atoms with E-state index in [1.165, 1.54) is 10.8 Å². The van der Waals surface area contributed by atoms with Gasteiger partial charge in [-0.3, -0.25) is 4.57 Å². The standard InChI is InChI=1S/C10H14FN3O3/c1-6-3-14(9(16)13-8(6)12)7-2-10(11,4-15)5-17-7/h3,7,15H,2,4-5H2,1H3,(H2,12,13,16). The summed E-state index contributed by atoms with van der Waals surface area (Å²) in [6.45, 7) is 0.839. The highest BCUT2D eigenvalue weighted by molar-refractivity contribution is 5.35. The first-order valence-electron chi connectivity index (χ1n) is 5.22. The molecule has 1 aromatic heterocycles. The molecule has 7 heteroatoms. The molecule has 6 nitrogen and oxygen atoms in total. The average molecular weight is 243 g/mol. The highest BCUT2D eigenvalue weighted by atomic mass is 19.1. The number of nitrogen functional groups attached to an aromatic ring is 1. The van der Waals surface area contributed by atoms with Gasteiger partial charge in [0.1, 0.15) is 12.0 Å². The van der Waals surface area contributed by atoms with Crippen LogP contribution in [0.2, 0.25) is 0 Å². The van der Waals surface area contributed by atoms with Crippen molar-refractivity contribution in [3.05, 3.63) is 22.2 Å². The number of halogens is 1. The van der Waals surface area contributed by atoms with Crippen molar-refractivity contribution in [1.82, 2.24) is 9.55 Å². The monoisotopic (exact) mass is 243 g/mol. The van der Waals surface area contributed by atoms with Gasteiger partial charge < -0.3 is 15.6 Å². The predicted octanol–water partition coefficient (Wildman–Crippen LogP) is -0.247. The van der Waals surface area contributed by atoms with Crippen LogP contribution in [0.5, 0.6) is 0 Å². The van der Waals surface area contributed by atoms with Gasteiger partial charge in [-0.25, -0.2) is 9.18 Å². The van der Waals surface area contributed by atoms with Crippen LogP contribution in [0.1, 0.15) is 18.2 Å². The summed E-state index contributed by atoms with van der Waals surface area (Å²) < 4.78 is 20.1. The Balaban J connectivity index is 2.31. The van der Waals surface area contributed by atoms with Crippen LogP contribution < -0.4 is 11.4 Å². The predicted molar refractivity (Wildman–Crippen MR) is 58.2 cm³/mol. The van der Waals surface area contributed by atoms with E-state index in [2.05, 4.69) is 4.98 Å². The number of hydrogen-bond donors (Lipinski definition) is 2. The molecule has 3 N–H and O–H groups in total. The summed E-state index contributed by atoms with van der Waals surface area (Å²) in [6, 6.07) is 0. The maximum Gasteiger partial charge on any atom is 0.351 e. The van der Waals surface area contributed by atoms with E-state index in [-0.39, 0.29) is 18.8 Å². The summed E-state index contributed by atoms with van der Waals surface area (Å²) in [6.07, 6.45) is 0.666. The molecule has 1 aromatic rings. The maximum atomic E-state index is 13.8. The number of ether oxygens (including phenoxy) is 1. The Bertz CT molecular complexity index is 490. The summed E-state index contributed by atoms with van der Waals surface area (Å²) >= 11 is 0. The molecule has 2 unspecified atom stereocenters. The lowest BCUT2D eigenvalue weighted by Crippen LogP contribution is -2.30. The van der Waals surface area contributed by atoms with E-state index < -0.39 is 24.2 Å². The van der Waals surface area contributed by atoms with E-state index in [1.807, 2.05) is 0 Å². The smallest absolute Gasteiger partial charge is 0.351 e. The van der Waals surface area contributed by atoms with Gasteiger partial charge in [0.15, 0.2) is 5.67 Å². The molecule has 0 spiro atoms. The lowest BCUT2D eigenvalue weighted by molar-refractivity contribution is 0.0273. The third-order valence-corrected chi connectivity index (χ3v) is 2.84. The normalized spacial score (nSPS) is 28.5. The van der Waals surface area contributed by atoms with E-state index in [0.29, 0.717) is 5.56 Å². The molecule has 17 heavy (non-hydrogen) atoms. The molecule has 2 rings (SSSR count). The van der Waals surface area contributed by atoms with E-state index in [0.717, 1.165) is 0 Å². The quantitative estimate of drug-likeness (QED) is 0.747. The van der Waals surface area contributed by atoms with E-state index in [9.17, 15) is 9.18 Å². The van der Waals surface area contributed by atoms with Gasteiger partial charge >= 0.3 is 5.69 Å². The number of aryl methyl sites for hydroxylation is 1. The van der Waals surface area contributed by atoms with E-state index in [1.54, 1.807) is 6.92 Å². The summed E-state index contributed by atoms with van der Waals surface area (Å²) in [5.74, 6) is 0.151. The molecule has 0 aliphatic carbocycles. The van der Waals surface area contributed by atoms with Gasteiger partial charge in [-0.05, 0) is 6.92 Å². The number of rotatable bonds is 2. The Hall–Kier alpha value is -1.47. The highest BCUT2D eigenvalue weighted by Crippen LogP contribution is 2.33. The Kier molecular flexibility index (Phi) is 2.88. The Morgan fingerprint density at radius 1 is 1.82 bits per heavy atom. The van der Waals surface area contributed by atoms with Crippen LogP contribution in [0.3, 0.4) is 0 Å². The van der Waals surface area contributed by atoms with E-state index >= 15 is 0 Å². The van der Waals surface area contributed by atoms with Gasteiger partial charge in [-0.2, -0.15) is 4.98 Å². The lowest BCUT2D eigenvalue weighted by atomic mass is 10.1. The maximum absolute atomic E-state index is 13.8. The van der Waals surface area contributed by atoms with Crippen LogP contribution in [-0.2, 0) is 4.74 Å². The molecule has 1 aliphatic rings. The summed E-state index contributed by atoms with van der Waals surface area (Å²) in [7, 11) is 0. The van der Waals surface area contributed by atoms with Crippen molar-refractivity contribution >= 4 is 5.82 Å². The van der Waals surface area contributed by atoms with Crippen LogP contribution in [0.4, 0.5) is 10.2 Å². The summed E-state index contributed by atoms with van der Waals surface area (Å²) in [5, 5.41) is 8.88. The Labute approximate surface area is 96.8 Å². The molecule has 0 aromatic carbocycles. The lowest BCUT2D eigenvalue weighted by Gasteiger charge is -2.15. The minimum Gasteiger partial charge on any atom is -0.393 e. The Morgan fingerprint density at radius 2 is 2.53 bits per heavy atom. The molecule has 0 saturated carbocycles. The second kappa shape index (κ2) is 4.08. The zero-order valence-corrected chi connectivity index (χ0v) is 9.39. The van der Waals surface area contributed by atoms with Crippen molar-refractivity contribution < 1.29 is 14.2 Å². The van der Waals surface area contributed by atoms with Crippen molar-refractivity contribution in [2.45, 2.75) is 25.2 Å². The topological polar surface area (TPSA) is 90.4 Å². The van der Waals surface area contributed by atoms with Crippen molar-refractivity contribution in [1.29, 1.82) is 0 Å². The van der Waals surface area contributed by atoms with Crippen molar-refractivity contribution in [2.75, 3.05) is 18.9 Å². The number of nitrogens with two attached hydrogens (primary N) is 1. The fourth-order valence-corrected chi connectivity index (χ4v) is 1.75. The zero-order valence-electron chi connectivity index (χ0n) is 9.39. The largest absolute Gasteiger partial charge is 0.393 e. The molecule has 0 amide bonds. The van der Waals surface area contributed by atoms with Gasteiger partial charge in [0.05, 0.1) is 13.2 Å². The second-order valence-corrected chi connectivity index (χ2v) is 4.28. The fraction of sp³-hybridized carbons (Fsp3) is 0.600. The molecular weight excluding hydrogens is 229 g/mol. The van der Waals surface area contributed by atoms with Gasteiger partial charge in [-0.1, -0.05) is 0 Å².